The topological polar surface area (TPSA) is 87.3 Å². The second-order valence-corrected chi connectivity index (χ2v) is 7.34. The second kappa shape index (κ2) is 5.40. The second-order valence-electron chi connectivity index (χ2n) is 5.62. The molecule has 1 amide bonds. The Labute approximate surface area is 124 Å². The number of hydrogen-bond donors (Lipinski definition) is 3. The van der Waals surface area contributed by atoms with Crippen LogP contribution in [0.3, 0.4) is 0 Å². The Balaban J connectivity index is 1.84. The molecule has 3 rings (SSSR count). The predicted octanol–water partition coefficient (Wildman–Crippen LogP) is 0.772. The van der Waals surface area contributed by atoms with E-state index in [1.807, 2.05) is 0 Å². The quantitative estimate of drug-likeness (QED) is 0.770. The van der Waals surface area contributed by atoms with Crippen LogP contribution in [0.5, 0.6) is 0 Å². The summed E-state index contributed by atoms with van der Waals surface area (Å²) in [4.78, 5) is 11.8. The molecule has 1 saturated heterocycles. The Morgan fingerprint density at radius 3 is 2.86 bits per heavy atom. The van der Waals surface area contributed by atoms with Gasteiger partial charge in [-0.1, -0.05) is 0 Å². The molecule has 1 unspecified atom stereocenters. The van der Waals surface area contributed by atoms with Gasteiger partial charge in [-0.3, -0.25) is 4.79 Å². The molecule has 0 aliphatic carbocycles. The Morgan fingerprint density at radius 2 is 2.14 bits per heavy atom. The molecule has 0 bridgehead atoms. The number of fused-ring (bicyclic) bond motifs is 1. The molecule has 1 aromatic rings. The third-order valence-corrected chi connectivity index (χ3v) is 5.59. The van der Waals surface area contributed by atoms with Gasteiger partial charge in [0.1, 0.15) is 0 Å². The van der Waals surface area contributed by atoms with E-state index >= 15 is 0 Å². The van der Waals surface area contributed by atoms with Crippen molar-refractivity contribution in [2.75, 3.05) is 18.4 Å². The third-order valence-electron chi connectivity index (χ3n) is 4.07. The lowest BCUT2D eigenvalue weighted by molar-refractivity contribution is -0.116. The number of anilines is 1. The van der Waals surface area contributed by atoms with Crippen LogP contribution in [-0.2, 0) is 14.8 Å². The van der Waals surface area contributed by atoms with Crippen molar-refractivity contribution in [2.45, 2.75) is 36.6 Å². The van der Waals surface area contributed by atoms with Gasteiger partial charge in [0.15, 0.2) is 0 Å². The van der Waals surface area contributed by atoms with Crippen molar-refractivity contribution in [1.82, 2.24) is 10.0 Å². The van der Waals surface area contributed by atoms with Gasteiger partial charge in [0.05, 0.1) is 10.8 Å². The summed E-state index contributed by atoms with van der Waals surface area (Å²) in [7, 11) is -3.55. The van der Waals surface area contributed by atoms with Gasteiger partial charge < -0.3 is 10.6 Å². The summed E-state index contributed by atoms with van der Waals surface area (Å²) < 4.78 is 27.6. The van der Waals surface area contributed by atoms with Crippen molar-refractivity contribution >= 4 is 21.6 Å². The van der Waals surface area contributed by atoms with E-state index in [2.05, 4.69) is 15.4 Å². The van der Waals surface area contributed by atoms with Gasteiger partial charge in [-0.2, -0.15) is 0 Å². The van der Waals surface area contributed by atoms with E-state index in [4.69, 9.17) is 0 Å². The minimum Gasteiger partial charge on any atom is -0.325 e. The molecule has 7 heteroatoms. The Hall–Kier alpha value is -1.44. The molecule has 2 heterocycles. The molecule has 1 aromatic carbocycles. The van der Waals surface area contributed by atoms with Gasteiger partial charge in [0.2, 0.25) is 15.9 Å². The highest BCUT2D eigenvalue weighted by Crippen LogP contribution is 2.33. The van der Waals surface area contributed by atoms with Crippen molar-refractivity contribution in [3.05, 3.63) is 23.8 Å². The molecule has 0 spiro atoms. The summed E-state index contributed by atoms with van der Waals surface area (Å²) in [5.74, 6) is -0.407. The molecular formula is C14H19N3O3S. The maximum Gasteiger partial charge on any atom is 0.240 e. The number of amides is 1. The van der Waals surface area contributed by atoms with Gasteiger partial charge in [0, 0.05) is 18.3 Å². The average Bonchev–Trinajstić information content (AvgIpc) is 2.74. The Morgan fingerprint density at radius 1 is 1.33 bits per heavy atom. The Kier molecular flexibility index (Phi) is 3.73. The smallest absolute Gasteiger partial charge is 0.240 e. The molecule has 0 aromatic heterocycles. The van der Waals surface area contributed by atoms with Crippen LogP contribution in [0, 0.1) is 0 Å². The number of piperidine rings is 1. The number of carbonyl (C=O) groups is 1. The first-order valence-corrected chi connectivity index (χ1v) is 8.63. The van der Waals surface area contributed by atoms with Crippen molar-refractivity contribution < 1.29 is 13.2 Å². The van der Waals surface area contributed by atoms with Crippen molar-refractivity contribution in [3.63, 3.8) is 0 Å². The van der Waals surface area contributed by atoms with Crippen molar-refractivity contribution in [3.8, 4) is 0 Å². The molecule has 0 saturated carbocycles. The number of benzene rings is 1. The van der Waals surface area contributed by atoms with E-state index in [0.29, 0.717) is 12.2 Å². The zero-order chi connectivity index (χ0) is 15.0. The van der Waals surface area contributed by atoms with Crippen molar-refractivity contribution in [2.24, 2.45) is 0 Å². The molecule has 2 aliphatic heterocycles. The van der Waals surface area contributed by atoms with Crippen LogP contribution in [0.1, 0.15) is 31.2 Å². The number of carbonyl (C=O) groups excluding carboxylic acids is 1. The molecule has 2 atom stereocenters. The number of nitrogens with one attached hydrogen (secondary N) is 3. The van der Waals surface area contributed by atoms with Crippen LogP contribution in [0.25, 0.3) is 0 Å². The first-order valence-electron chi connectivity index (χ1n) is 7.15. The first kappa shape index (κ1) is 14.5. The molecule has 21 heavy (non-hydrogen) atoms. The summed E-state index contributed by atoms with van der Waals surface area (Å²) >= 11 is 0. The van der Waals surface area contributed by atoms with E-state index in [1.54, 1.807) is 19.1 Å². The lowest BCUT2D eigenvalue weighted by Crippen LogP contribution is -2.45. The largest absolute Gasteiger partial charge is 0.325 e. The number of hydrogen-bond acceptors (Lipinski definition) is 4. The van der Waals surface area contributed by atoms with E-state index < -0.39 is 10.0 Å². The number of sulfonamides is 1. The summed E-state index contributed by atoms with van der Waals surface area (Å²) in [6.45, 7) is 3.36. The molecule has 6 nitrogen and oxygen atoms in total. The van der Waals surface area contributed by atoms with Crippen LogP contribution < -0.4 is 15.4 Å². The van der Waals surface area contributed by atoms with Crippen LogP contribution in [-0.4, -0.2) is 33.5 Å². The van der Waals surface area contributed by atoms with Crippen LogP contribution in [0.15, 0.2) is 23.1 Å². The molecule has 114 valence electrons. The monoisotopic (exact) mass is 309 g/mol. The molecule has 0 radical (unpaired) electrons. The molecule has 2 aliphatic rings. The minimum atomic E-state index is -3.55. The highest BCUT2D eigenvalue weighted by Gasteiger charge is 2.29. The fraction of sp³-hybridized carbons (Fsp3) is 0.500. The maximum atomic E-state index is 12.4. The van der Waals surface area contributed by atoms with Crippen LogP contribution in [0.2, 0.25) is 0 Å². The van der Waals surface area contributed by atoms with E-state index in [1.165, 1.54) is 6.07 Å². The van der Waals surface area contributed by atoms with Crippen LogP contribution >= 0.6 is 0 Å². The standard InChI is InChI=1S/C14H19N3O3S/c1-9-12-7-11(4-5-13(12)16-14(9)18)21(19,20)17-10-3-2-6-15-8-10/h4-5,7,9-10,15,17H,2-3,6,8H2,1H3,(H,16,18)/t9?,10-/m0/s1. The molecular weight excluding hydrogens is 290 g/mol. The van der Waals surface area contributed by atoms with Crippen LogP contribution in [0.4, 0.5) is 5.69 Å². The fourth-order valence-corrected chi connectivity index (χ4v) is 4.11. The summed E-state index contributed by atoms with van der Waals surface area (Å²) in [6.07, 6.45) is 1.81. The molecule has 3 N–H and O–H groups in total. The maximum absolute atomic E-state index is 12.4. The van der Waals surface area contributed by atoms with E-state index in [9.17, 15) is 13.2 Å². The molecule has 1 fully saturated rings. The highest BCUT2D eigenvalue weighted by molar-refractivity contribution is 7.89. The van der Waals surface area contributed by atoms with Gasteiger partial charge in [0.25, 0.3) is 0 Å². The number of rotatable bonds is 3. The van der Waals surface area contributed by atoms with Gasteiger partial charge in [-0.05, 0) is 50.1 Å². The summed E-state index contributed by atoms with van der Waals surface area (Å²) in [5.41, 5.74) is 1.44. The Bertz CT molecular complexity index is 666. The zero-order valence-electron chi connectivity index (χ0n) is 11.8. The summed E-state index contributed by atoms with van der Waals surface area (Å²) in [5, 5.41) is 5.92. The van der Waals surface area contributed by atoms with E-state index in [-0.39, 0.29) is 22.8 Å². The average molecular weight is 309 g/mol. The van der Waals surface area contributed by atoms with E-state index in [0.717, 1.165) is 24.9 Å². The normalized spacial score (nSPS) is 25.5. The first-order chi connectivity index (χ1) is 9.97. The zero-order valence-corrected chi connectivity index (χ0v) is 12.7. The SMILES string of the molecule is CC1C(=O)Nc2ccc(S(=O)(=O)N[C@H]3CCCNC3)cc21. The van der Waals surface area contributed by atoms with Crippen molar-refractivity contribution in [1.29, 1.82) is 0 Å². The minimum absolute atomic E-state index is 0.0748. The highest BCUT2D eigenvalue weighted by atomic mass is 32.2. The lowest BCUT2D eigenvalue weighted by Gasteiger charge is -2.23. The summed E-state index contributed by atoms with van der Waals surface area (Å²) in [6, 6.07) is 4.71. The predicted molar refractivity (Wildman–Crippen MR) is 79.7 cm³/mol. The lowest BCUT2D eigenvalue weighted by atomic mass is 10.0. The third kappa shape index (κ3) is 2.81. The van der Waals surface area contributed by atoms with Gasteiger partial charge in [-0.15, -0.1) is 0 Å². The van der Waals surface area contributed by atoms with Gasteiger partial charge in [-0.25, -0.2) is 13.1 Å². The van der Waals surface area contributed by atoms with Gasteiger partial charge >= 0.3 is 0 Å². The fourth-order valence-electron chi connectivity index (χ4n) is 2.80.